The predicted octanol–water partition coefficient (Wildman–Crippen LogP) is 3.16. The maximum atomic E-state index is 12.2. The molecule has 17 heavy (non-hydrogen) atoms. The van der Waals surface area contributed by atoms with Crippen molar-refractivity contribution >= 4 is 15.9 Å². The van der Waals surface area contributed by atoms with Crippen molar-refractivity contribution < 1.29 is 13.5 Å². The van der Waals surface area contributed by atoms with Crippen LogP contribution >= 0.6 is 15.9 Å². The number of alkyl halides is 2. The predicted molar refractivity (Wildman–Crippen MR) is 65.9 cm³/mol. The van der Waals surface area contributed by atoms with Gasteiger partial charge in [0.05, 0.1) is 6.54 Å². The summed E-state index contributed by atoms with van der Waals surface area (Å²) in [7, 11) is 0. The Kier molecular flexibility index (Phi) is 5.95. The standard InChI is InChI=1S/C12H12BrF2NO/c1-2-3-6-16-8-9-7-10(13)4-5-11(9)17-12(14)15/h4-5,7,12,16H,6,8H2,1H3. The van der Waals surface area contributed by atoms with Gasteiger partial charge in [0.2, 0.25) is 0 Å². The number of halogens is 3. The molecule has 5 heteroatoms. The fourth-order valence-corrected chi connectivity index (χ4v) is 1.65. The molecule has 1 aromatic carbocycles. The Bertz CT molecular complexity index is 426. The van der Waals surface area contributed by atoms with E-state index in [-0.39, 0.29) is 5.75 Å². The molecule has 1 aromatic rings. The van der Waals surface area contributed by atoms with E-state index in [1.54, 1.807) is 19.1 Å². The molecule has 0 amide bonds. The molecule has 0 aliphatic carbocycles. The fourth-order valence-electron chi connectivity index (χ4n) is 1.25. The minimum atomic E-state index is -2.81. The second kappa shape index (κ2) is 7.25. The van der Waals surface area contributed by atoms with Crippen molar-refractivity contribution in [1.29, 1.82) is 0 Å². The third-order valence-electron chi connectivity index (χ3n) is 1.94. The van der Waals surface area contributed by atoms with E-state index in [0.29, 0.717) is 18.7 Å². The third kappa shape index (κ3) is 5.16. The highest BCUT2D eigenvalue weighted by Gasteiger charge is 2.09. The summed E-state index contributed by atoms with van der Waals surface area (Å²) in [4.78, 5) is 0. The molecule has 0 spiro atoms. The summed E-state index contributed by atoms with van der Waals surface area (Å²) in [5.74, 6) is 5.75. The van der Waals surface area contributed by atoms with Crippen LogP contribution in [0, 0.1) is 11.8 Å². The fraction of sp³-hybridized carbons (Fsp3) is 0.333. The van der Waals surface area contributed by atoms with Crippen molar-refractivity contribution in [3.05, 3.63) is 28.2 Å². The van der Waals surface area contributed by atoms with Gasteiger partial charge in [-0.3, -0.25) is 0 Å². The van der Waals surface area contributed by atoms with Crippen LogP contribution in [-0.2, 0) is 6.54 Å². The largest absolute Gasteiger partial charge is 0.434 e. The molecule has 0 radical (unpaired) electrons. The van der Waals surface area contributed by atoms with Crippen molar-refractivity contribution in [2.45, 2.75) is 20.1 Å². The lowest BCUT2D eigenvalue weighted by Gasteiger charge is -2.11. The number of benzene rings is 1. The summed E-state index contributed by atoms with van der Waals surface area (Å²) in [5, 5.41) is 3.02. The van der Waals surface area contributed by atoms with Crippen LogP contribution in [0.2, 0.25) is 0 Å². The zero-order valence-electron chi connectivity index (χ0n) is 9.27. The molecule has 2 nitrogen and oxygen atoms in total. The van der Waals surface area contributed by atoms with Gasteiger partial charge in [0, 0.05) is 16.6 Å². The molecular weight excluding hydrogens is 292 g/mol. The molecule has 0 bridgehead atoms. The molecule has 92 valence electrons. The van der Waals surface area contributed by atoms with E-state index in [2.05, 4.69) is 37.8 Å². The molecule has 0 atom stereocenters. The molecule has 0 heterocycles. The maximum Gasteiger partial charge on any atom is 0.387 e. The van der Waals surface area contributed by atoms with E-state index in [0.717, 1.165) is 4.47 Å². The van der Waals surface area contributed by atoms with Gasteiger partial charge in [0.25, 0.3) is 0 Å². The van der Waals surface area contributed by atoms with Gasteiger partial charge in [-0.15, -0.1) is 5.92 Å². The normalized spacial score (nSPS) is 9.94. The topological polar surface area (TPSA) is 21.3 Å². The smallest absolute Gasteiger partial charge is 0.387 e. The first kappa shape index (κ1) is 13.9. The highest BCUT2D eigenvalue weighted by molar-refractivity contribution is 9.10. The van der Waals surface area contributed by atoms with Crippen molar-refractivity contribution in [2.24, 2.45) is 0 Å². The minimum absolute atomic E-state index is 0.181. The highest BCUT2D eigenvalue weighted by Crippen LogP contribution is 2.24. The SMILES string of the molecule is CC#CCNCc1cc(Br)ccc1OC(F)F. The first-order valence-electron chi connectivity index (χ1n) is 4.97. The van der Waals surface area contributed by atoms with E-state index in [1.807, 2.05) is 0 Å². The monoisotopic (exact) mass is 303 g/mol. The van der Waals surface area contributed by atoms with Crippen molar-refractivity contribution in [3.8, 4) is 17.6 Å². The van der Waals surface area contributed by atoms with Crippen molar-refractivity contribution in [3.63, 3.8) is 0 Å². The van der Waals surface area contributed by atoms with Crippen LogP contribution in [0.4, 0.5) is 8.78 Å². The van der Waals surface area contributed by atoms with Crippen LogP contribution in [0.5, 0.6) is 5.75 Å². The van der Waals surface area contributed by atoms with Gasteiger partial charge in [-0.2, -0.15) is 8.78 Å². The first-order valence-corrected chi connectivity index (χ1v) is 5.76. The lowest BCUT2D eigenvalue weighted by atomic mass is 10.2. The van der Waals surface area contributed by atoms with Crippen LogP contribution < -0.4 is 10.1 Å². The summed E-state index contributed by atoms with van der Waals surface area (Å²) in [6.45, 7) is -0.134. The van der Waals surface area contributed by atoms with Gasteiger partial charge in [-0.1, -0.05) is 21.9 Å². The molecule has 1 rings (SSSR count). The van der Waals surface area contributed by atoms with Crippen molar-refractivity contribution in [1.82, 2.24) is 5.32 Å². The van der Waals surface area contributed by atoms with E-state index >= 15 is 0 Å². The maximum absolute atomic E-state index is 12.2. The van der Waals surface area contributed by atoms with E-state index in [9.17, 15) is 8.78 Å². The van der Waals surface area contributed by atoms with E-state index in [4.69, 9.17) is 0 Å². The van der Waals surface area contributed by atoms with E-state index in [1.165, 1.54) is 6.07 Å². The summed E-state index contributed by atoms with van der Waals surface area (Å²) in [5.41, 5.74) is 0.664. The second-order valence-corrected chi connectivity index (χ2v) is 4.08. The van der Waals surface area contributed by atoms with Gasteiger partial charge in [0.1, 0.15) is 5.75 Å². The Labute approximate surface area is 107 Å². The summed E-state index contributed by atoms with van der Waals surface area (Å²) >= 11 is 3.29. The van der Waals surface area contributed by atoms with Crippen LogP contribution in [0.3, 0.4) is 0 Å². The Morgan fingerprint density at radius 1 is 1.47 bits per heavy atom. The van der Waals surface area contributed by atoms with Gasteiger partial charge < -0.3 is 10.1 Å². The molecule has 0 aromatic heterocycles. The average molecular weight is 304 g/mol. The van der Waals surface area contributed by atoms with Crippen LogP contribution in [0.25, 0.3) is 0 Å². The molecular formula is C12H12BrF2NO. The first-order chi connectivity index (χ1) is 8.13. The van der Waals surface area contributed by atoms with Gasteiger partial charge in [0.15, 0.2) is 0 Å². The molecule has 1 N–H and O–H groups in total. The van der Waals surface area contributed by atoms with Crippen LogP contribution in [0.15, 0.2) is 22.7 Å². The molecule has 0 saturated heterocycles. The Morgan fingerprint density at radius 2 is 2.24 bits per heavy atom. The van der Waals surface area contributed by atoms with Gasteiger partial charge >= 0.3 is 6.61 Å². The zero-order valence-corrected chi connectivity index (χ0v) is 10.9. The quantitative estimate of drug-likeness (QED) is 0.666. The number of hydrogen-bond acceptors (Lipinski definition) is 2. The highest BCUT2D eigenvalue weighted by atomic mass is 79.9. The van der Waals surface area contributed by atoms with Crippen molar-refractivity contribution in [2.75, 3.05) is 6.54 Å². The number of ether oxygens (including phenoxy) is 1. The van der Waals surface area contributed by atoms with E-state index < -0.39 is 6.61 Å². The number of rotatable bonds is 5. The zero-order chi connectivity index (χ0) is 12.7. The Hall–Kier alpha value is -1.12. The van der Waals surface area contributed by atoms with Gasteiger partial charge in [-0.05, 0) is 25.1 Å². The summed E-state index contributed by atoms with van der Waals surface area (Å²) < 4.78 is 29.6. The third-order valence-corrected chi connectivity index (χ3v) is 2.44. The summed E-state index contributed by atoms with van der Waals surface area (Å²) in [6.07, 6.45) is 0. The van der Waals surface area contributed by atoms with Gasteiger partial charge in [-0.25, -0.2) is 0 Å². The lowest BCUT2D eigenvalue weighted by Crippen LogP contribution is -2.15. The summed E-state index contributed by atoms with van der Waals surface area (Å²) in [6, 6.07) is 4.91. The molecule has 0 unspecified atom stereocenters. The molecule has 0 aliphatic heterocycles. The Balaban J connectivity index is 2.71. The second-order valence-electron chi connectivity index (χ2n) is 3.16. The van der Waals surface area contributed by atoms with Crippen LogP contribution in [-0.4, -0.2) is 13.2 Å². The minimum Gasteiger partial charge on any atom is -0.434 e. The molecule has 0 aliphatic rings. The average Bonchev–Trinajstić information content (AvgIpc) is 2.27. The number of nitrogens with one attached hydrogen (secondary N) is 1. The Morgan fingerprint density at radius 3 is 2.88 bits per heavy atom. The van der Waals surface area contributed by atoms with Crippen LogP contribution in [0.1, 0.15) is 12.5 Å². The number of hydrogen-bond donors (Lipinski definition) is 1. The molecule has 0 fully saturated rings. The molecule has 0 saturated carbocycles. The lowest BCUT2D eigenvalue weighted by molar-refractivity contribution is -0.0505.